The molecule has 0 saturated carbocycles. The van der Waals surface area contributed by atoms with Crippen LogP contribution in [0.15, 0.2) is 30.3 Å². The average Bonchev–Trinajstić information content (AvgIpc) is 2.05. The van der Waals surface area contributed by atoms with Gasteiger partial charge < -0.3 is 20.1 Å². The topological polar surface area (TPSA) is 83.4 Å². The summed E-state index contributed by atoms with van der Waals surface area (Å²) >= 11 is 0. The van der Waals surface area contributed by atoms with Crippen LogP contribution in [-0.4, -0.2) is 17.9 Å². The van der Waals surface area contributed by atoms with Crippen molar-refractivity contribution < 1.29 is 79.2 Å². The minimum Gasteiger partial charge on any atom is -0.652 e. The van der Waals surface area contributed by atoms with E-state index in [0.29, 0.717) is 0 Å². The Morgan fingerprint density at radius 2 is 1.44 bits per heavy atom. The van der Waals surface area contributed by atoms with Gasteiger partial charge in [0.25, 0.3) is 0 Å². The molecule has 0 aliphatic heterocycles. The van der Waals surface area contributed by atoms with Crippen molar-refractivity contribution >= 4 is 6.16 Å². The smallest absolute Gasteiger partial charge is 0.652 e. The number of rotatable bonds is 0. The minimum absolute atomic E-state index is 0. The van der Waals surface area contributed by atoms with E-state index >= 15 is 0 Å². The zero-order chi connectivity index (χ0) is 11.4. The van der Waals surface area contributed by atoms with E-state index in [9.17, 15) is 0 Å². The van der Waals surface area contributed by atoms with Crippen LogP contribution in [0.25, 0.3) is 0 Å². The predicted octanol–water partition coefficient (Wildman–Crippen LogP) is -6.45. The summed E-state index contributed by atoms with van der Waals surface area (Å²) in [5.41, 5.74) is 1.32. The van der Waals surface area contributed by atoms with E-state index in [2.05, 4.69) is 19.1 Å². The normalized spacial score (nSPS) is 6.44. The fourth-order valence-corrected chi connectivity index (χ4v) is 0.534. The van der Waals surface area contributed by atoms with Crippen molar-refractivity contribution in [1.82, 2.24) is 0 Å². The van der Waals surface area contributed by atoms with E-state index in [1.807, 2.05) is 18.2 Å². The Morgan fingerprint density at radius 1 is 1.19 bits per heavy atom. The number of aliphatic hydroxyl groups excluding tert-OH is 1. The summed E-state index contributed by atoms with van der Waals surface area (Å²) in [4.78, 5) is 8.33. The molecule has 0 aliphatic carbocycles. The maximum Gasteiger partial charge on any atom is 1.00 e. The molecule has 1 aromatic rings. The van der Waals surface area contributed by atoms with Gasteiger partial charge in [-0.2, -0.15) is 0 Å². The van der Waals surface area contributed by atoms with Gasteiger partial charge in [-0.3, -0.25) is 0 Å². The fourth-order valence-electron chi connectivity index (χ4n) is 0.534. The van der Waals surface area contributed by atoms with Gasteiger partial charge in [-0.1, -0.05) is 35.9 Å². The van der Waals surface area contributed by atoms with E-state index in [1.54, 1.807) is 6.92 Å². The number of carboxylic acid groups (broad SMARTS) is 2. The van der Waals surface area contributed by atoms with Gasteiger partial charge in [-0.15, -0.1) is 0 Å². The SMILES string of the molecule is CCO.Cc1ccccc1.O=C([O-])[O-].[Na+].[Na+]. The zero-order valence-electron chi connectivity index (χ0n) is 10.3. The van der Waals surface area contributed by atoms with Gasteiger partial charge in [0.1, 0.15) is 0 Å². The second-order valence-electron chi connectivity index (χ2n) is 2.22. The maximum absolute atomic E-state index is 8.33. The molecule has 0 unspecified atom stereocenters. The van der Waals surface area contributed by atoms with Crippen LogP contribution in [0.1, 0.15) is 12.5 Å². The Bertz CT molecular complexity index is 226. The summed E-state index contributed by atoms with van der Waals surface area (Å²) in [6.45, 7) is 4.01. The number of benzene rings is 1. The number of hydrogen-bond acceptors (Lipinski definition) is 4. The van der Waals surface area contributed by atoms with Crippen LogP contribution in [0.4, 0.5) is 4.79 Å². The van der Waals surface area contributed by atoms with Gasteiger partial charge in [0, 0.05) is 6.61 Å². The summed E-state index contributed by atoms with van der Waals surface area (Å²) in [7, 11) is 0. The summed E-state index contributed by atoms with van der Waals surface area (Å²) < 4.78 is 0. The number of carbonyl (C=O) groups excluding carboxylic acids is 1. The molecule has 80 valence electrons. The van der Waals surface area contributed by atoms with Crippen molar-refractivity contribution in [3.63, 3.8) is 0 Å². The van der Waals surface area contributed by atoms with E-state index < -0.39 is 6.16 Å². The Kier molecular flexibility index (Phi) is 33.0. The molecule has 1 N–H and O–H groups in total. The molecular weight excluding hydrogens is 230 g/mol. The summed E-state index contributed by atoms with van der Waals surface area (Å²) in [5.74, 6) is 0. The number of carbonyl (C=O) groups is 1. The molecule has 6 heteroatoms. The van der Waals surface area contributed by atoms with Crippen LogP contribution in [0.2, 0.25) is 0 Å². The summed E-state index contributed by atoms with van der Waals surface area (Å²) in [6.07, 6.45) is -2.33. The molecule has 0 spiro atoms. The molecule has 0 saturated heterocycles. The Morgan fingerprint density at radius 3 is 1.56 bits per heavy atom. The molecule has 1 aromatic carbocycles. The second kappa shape index (κ2) is 20.8. The molecule has 0 amide bonds. The first-order valence-corrected chi connectivity index (χ1v) is 4.05. The molecule has 0 bridgehead atoms. The number of aliphatic hydroxyl groups is 1. The van der Waals surface area contributed by atoms with Crippen LogP contribution in [0.5, 0.6) is 0 Å². The number of aryl methyl sites for hydroxylation is 1. The minimum atomic E-state index is -2.33. The second-order valence-corrected chi connectivity index (χ2v) is 2.22. The van der Waals surface area contributed by atoms with Crippen molar-refractivity contribution in [2.24, 2.45) is 0 Å². The molecule has 0 atom stereocenters. The van der Waals surface area contributed by atoms with E-state index in [4.69, 9.17) is 20.1 Å². The van der Waals surface area contributed by atoms with Gasteiger partial charge in [-0.25, -0.2) is 0 Å². The Hall–Kier alpha value is 0.450. The van der Waals surface area contributed by atoms with Gasteiger partial charge in [0.2, 0.25) is 0 Å². The molecule has 0 aromatic heterocycles. The van der Waals surface area contributed by atoms with E-state index in [1.165, 1.54) is 5.56 Å². The van der Waals surface area contributed by atoms with Gasteiger partial charge in [0.15, 0.2) is 0 Å². The molecule has 4 nitrogen and oxygen atoms in total. The van der Waals surface area contributed by atoms with Gasteiger partial charge >= 0.3 is 59.1 Å². The maximum atomic E-state index is 8.33. The first-order chi connectivity index (χ1) is 6.54. The quantitative estimate of drug-likeness (QED) is 0.460. The van der Waals surface area contributed by atoms with Crippen molar-refractivity contribution in [3.05, 3.63) is 35.9 Å². The van der Waals surface area contributed by atoms with Crippen molar-refractivity contribution in [2.45, 2.75) is 13.8 Å². The third-order valence-electron chi connectivity index (χ3n) is 0.940. The standard InChI is InChI=1S/C7H8.C2H6O.CH2O3.2Na/c1-7-5-3-2-4-6-7;1-2-3;2-1(3)4;;/h2-6H,1H3;3H,2H2,1H3;(H2,2,3,4);;/q;;;2*+1/p-2. The van der Waals surface area contributed by atoms with Crippen molar-refractivity contribution in [1.29, 1.82) is 0 Å². The third-order valence-corrected chi connectivity index (χ3v) is 0.940. The first kappa shape index (κ1) is 25.3. The van der Waals surface area contributed by atoms with Crippen LogP contribution >= 0.6 is 0 Å². The van der Waals surface area contributed by atoms with Crippen LogP contribution in [-0.2, 0) is 0 Å². The Balaban J connectivity index is -0.0000000709. The Labute approximate surface area is 140 Å². The first-order valence-electron chi connectivity index (χ1n) is 4.05. The van der Waals surface area contributed by atoms with Crippen molar-refractivity contribution in [3.8, 4) is 0 Å². The molecule has 0 heterocycles. The van der Waals surface area contributed by atoms with E-state index in [0.717, 1.165) is 0 Å². The molecule has 1 rings (SSSR count). The third kappa shape index (κ3) is 36.6. The van der Waals surface area contributed by atoms with Crippen LogP contribution in [0.3, 0.4) is 0 Å². The monoisotopic (exact) mass is 244 g/mol. The van der Waals surface area contributed by atoms with E-state index in [-0.39, 0.29) is 65.7 Å². The largest absolute Gasteiger partial charge is 1.00 e. The van der Waals surface area contributed by atoms with Crippen molar-refractivity contribution in [2.75, 3.05) is 6.61 Å². The molecular formula is C10H14Na2O4. The van der Waals surface area contributed by atoms with Crippen LogP contribution in [0, 0.1) is 6.92 Å². The molecule has 0 radical (unpaired) electrons. The van der Waals surface area contributed by atoms with Gasteiger partial charge in [-0.05, 0) is 20.0 Å². The summed E-state index contributed by atoms with van der Waals surface area (Å²) in [5, 5.41) is 24.2. The number of hydrogen-bond donors (Lipinski definition) is 1. The molecule has 0 aliphatic rings. The van der Waals surface area contributed by atoms with Gasteiger partial charge in [0.05, 0.1) is 0 Å². The zero-order valence-corrected chi connectivity index (χ0v) is 14.3. The predicted molar refractivity (Wildman–Crippen MR) is 49.3 cm³/mol. The summed E-state index contributed by atoms with van der Waals surface area (Å²) in [6, 6.07) is 10.3. The molecule has 16 heavy (non-hydrogen) atoms. The fraction of sp³-hybridized carbons (Fsp3) is 0.300. The van der Waals surface area contributed by atoms with Crippen LogP contribution < -0.4 is 69.3 Å². The molecule has 0 fully saturated rings. The average molecular weight is 244 g/mol.